The molecule has 0 atom stereocenters. The molecule has 0 heterocycles. The van der Waals surface area contributed by atoms with Gasteiger partial charge in [-0.2, -0.15) is 35.1 Å². The first kappa shape index (κ1) is 22.4. The van der Waals surface area contributed by atoms with E-state index in [9.17, 15) is 35.1 Å². The highest BCUT2D eigenvalue weighted by molar-refractivity contribution is 5.22. The van der Waals surface area contributed by atoms with Crippen LogP contribution in [0.2, 0.25) is 0 Å². The summed E-state index contributed by atoms with van der Waals surface area (Å²) in [5, 5.41) is 0. The molecule has 0 aromatic heterocycles. The minimum Gasteiger partial charge on any atom is -0.381 e. The number of rotatable bonds is 8. The van der Waals surface area contributed by atoms with Crippen LogP contribution < -0.4 is 0 Å². The molecule has 0 aliphatic heterocycles. The number of hydrogen-bond donors (Lipinski definition) is 0. The topological polar surface area (TPSA) is 9.23 Å². The number of alkyl halides is 8. The second kappa shape index (κ2) is 8.48. The van der Waals surface area contributed by atoms with Crippen LogP contribution in [0.3, 0.4) is 0 Å². The van der Waals surface area contributed by atoms with Crippen LogP contribution in [0.15, 0.2) is 0 Å². The van der Waals surface area contributed by atoms with Gasteiger partial charge in [-0.05, 0) is 12.8 Å². The summed E-state index contributed by atoms with van der Waals surface area (Å²) in [5.41, 5.74) is 0. The van der Waals surface area contributed by atoms with Crippen LogP contribution in [-0.4, -0.2) is 36.9 Å². The molecule has 1 fully saturated rings. The maximum absolute atomic E-state index is 11.6. The Morgan fingerprint density at radius 3 is 1.00 bits per heavy atom. The predicted octanol–water partition coefficient (Wildman–Crippen LogP) is 5.92. The second-order valence-corrected chi connectivity index (χ2v) is 5.32. The van der Waals surface area contributed by atoms with Gasteiger partial charge in [0, 0.05) is 13.2 Å². The highest BCUT2D eigenvalue weighted by Crippen LogP contribution is 2.69. The van der Waals surface area contributed by atoms with Crippen LogP contribution in [0.1, 0.15) is 52.4 Å². The number of unbranched alkanes of at least 4 members (excludes halogenated alkanes) is 4. The summed E-state index contributed by atoms with van der Waals surface area (Å²) in [7, 11) is 0. The molecular weight excluding hydrogens is 336 g/mol. The molecule has 1 aliphatic carbocycles. The Balaban J connectivity index is 0.000000423. The molecule has 0 N–H and O–H groups in total. The maximum atomic E-state index is 11.6. The molecule has 0 radical (unpaired) electrons. The Morgan fingerprint density at radius 1 is 0.522 bits per heavy atom. The van der Waals surface area contributed by atoms with Crippen LogP contribution in [-0.2, 0) is 4.74 Å². The zero-order chi connectivity index (χ0) is 18.4. The van der Waals surface area contributed by atoms with Crippen molar-refractivity contribution < 1.29 is 39.9 Å². The van der Waals surface area contributed by atoms with Gasteiger partial charge < -0.3 is 4.74 Å². The molecule has 1 aliphatic rings. The molecule has 0 aromatic rings. The van der Waals surface area contributed by atoms with Crippen LogP contribution >= 0.6 is 0 Å². The van der Waals surface area contributed by atoms with Gasteiger partial charge in [-0.25, -0.2) is 0 Å². The first-order valence-corrected chi connectivity index (χ1v) is 7.50. The Morgan fingerprint density at radius 2 is 0.783 bits per heavy atom. The van der Waals surface area contributed by atoms with Crippen molar-refractivity contribution in [2.24, 2.45) is 0 Å². The largest absolute Gasteiger partial charge is 0.385 e. The van der Waals surface area contributed by atoms with Gasteiger partial charge in [-0.15, -0.1) is 0 Å². The van der Waals surface area contributed by atoms with Crippen LogP contribution in [0.25, 0.3) is 0 Å². The van der Waals surface area contributed by atoms with E-state index in [2.05, 4.69) is 13.8 Å². The molecular formula is C14H22F8O. The van der Waals surface area contributed by atoms with E-state index >= 15 is 0 Å². The number of hydrogen-bond acceptors (Lipinski definition) is 1. The average molecular weight is 358 g/mol. The summed E-state index contributed by atoms with van der Waals surface area (Å²) in [6, 6.07) is 0. The van der Waals surface area contributed by atoms with Crippen molar-refractivity contribution in [3.63, 3.8) is 0 Å². The zero-order valence-corrected chi connectivity index (χ0v) is 13.1. The maximum Gasteiger partial charge on any atom is 0.385 e. The summed E-state index contributed by atoms with van der Waals surface area (Å²) in [5.74, 6) is -23.9. The van der Waals surface area contributed by atoms with Crippen molar-refractivity contribution in [3.8, 4) is 0 Å². The third kappa shape index (κ3) is 4.28. The van der Waals surface area contributed by atoms with Crippen molar-refractivity contribution in [3.05, 3.63) is 0 Å². The van der Waals surface area contributed by atoms with Crippen molar-refractivity contribution in [2.45, 2.75) is 76.1 Å². The molecule has 23 heavy (non-hydrogen) atoms. The van der Waals surface area contributed by atoms with Crippen molar-refractivity contribution in [1.29, 1.82) is 0 Å². The van der Waals surface area contributed by atoms with E-state index < -0.39 is 23.7 Å². The lowest BCUT2D eigenvalue weighted by atomic mass is 9.80. The van der Waals surface area contributed by atoms with Gasteiger partial charge in [-0.3, -0.25) is 0 Å². The third-order valence-electron chi connectivity index (χ3n) is 3.36. The highest BCUT2D eigenvalue weighted by atomic mass is 19.4. The fraction of sp³-hybridized carbons (Fsp3) is 1.00. The molecule has 0 unspecified atom stereocenters. The quantitative estimate of drug-likeness (QED) is 0.386. The summed E-state index contributed by atoms with van der Waals surface area (Å²) in [6.45, 7) is 6.38. The van der Waals surface area contributed by atoms with E-state index in [1.54, 1.807) is 0 Å². The normalized spacial score (nSPS) is 22.7. The Hall–Kier alpha value is -0.600. The van der Waals surface area contributed by atoms with Gasteiger partial charge in [0.1, 0.15) is 0 Å². The SMILES string of the molecule is CCCCCOCCCCC.FC1(F)C(F)(F)C(F)(F)C1(F)F. The molecule has 140 valence electrons. The van der Waals surface area contributed by atoms with Gasteiger partial charge in [0.2, 0.25) is 0 Å². The molecule has 0 saturated heterocycles. The van der Waals surface area contributed by atoms with E-state index in [0.29, 0.717) is 0 Å². The Kier molecular flexibility index (Phi) is 8.26. The average Bonchev–Trinajstić information content (AvgIpc) is 2.45. The number of ether oxygens (including phenoxy) is 1. The molecule has 0 aromatic carbocycles. The summed E-state index contributed by atoms with van der Waals surface area (Å²) in [6.07, 6.45) is 7.68. The lowest BCUT2D eigenvalue weighted by molar-refractivity contribution is -0.506. The van der Waals surface area contributed by atoms with Gasteiger partial charge in [0.25, 0.3) is 0 Å². The standard InChI is InChI=1S/C10H22O.C4F8/c1-3-5-7-9-11-10-8-6-4-2;5-1(6)2(7,8)4(11,12)3(1,9)10/h3-10H2,1-2H3;. The molecule has 0 amide bonds. The van der Waals surface area contributed by atoms with Crippen LogP contribution in [0.5, 0.6) is 0 Å². The second-order valence-electron chi connectivity index (χ2n) is 5.32. The summed E-state index contributed by atoms with van der Waals surface area (Å²) in [4.78, 5) is 0. The summed E-state index contributed by atoms with van der Waals surface area (Å²) >= 11 is 0. The van der Waals surface area contributed by atoms with Crippen LogP contribution in [0.4, 0.5) is 35.1 Å². The minimum absolute atomic E-state index is 0.970. The Labute approximate surface area is 130 Å². The first-order chi connectivity index (χ1) is 10.4. The van der Waals surface area contributed by atoms with E-state index in [1.165, 1.54) is 38.5 Å². The molecule has 0 bridgehead atoms. The van der Waals surface area contributed by atoms with Gasteiger partial charge >= 0.3 is 23.7 Å². The fourth-order valence-electron chi connectivity index (χ4n) is 1.74. The smallest absolute Gasteiger partial charge is 0.381 e. The van der Waals surface area contributed by atoms with E-state index in [-0.39, 0.29) is 0 Å². The molecule has 1 rings (SSSR count). The molecule has 1 saturated carbocycles. The van der Waals surface area contributed by atoms with Crippen molar-refractivity contribution in [1.82, 2.24) is 0 Å². The molecule has 0 spiro atoms. The fourth-order valence-corrected chi connectivity index (χ4v) is 1.74. The minimum atomic E-state index is -5.97. The molecule has 9 heteroatoms. The lowest BCUT2D eigenvalue weighted by Crippen LogP contribution is -2.82. The Bertz CT molecular complexity index is 272. The predicted molar refractivity (Wildman–Crippen MR) is 69.7 cm³/mol. The third-order valence-corrected chi connectivity index (χ3v) is 3.36. The van der Waals surface area contributed by atoms with Gasteiger partial charge in [-0.1, -0.05) is 39.5 Å². The zero-order valence-electron chi connectivity index (χ0n) is 13.1. The van der Waals surface area contributed by atoms with Crippen molar-refractivity contribution >= 4 is 0 Å². The lowest BCUT2D eigenvalue weighted by Gasteiger charge is -2.49. The summed E-state index contributed by atoms with van der Waals surface area (Å²) < 4.78 is 98.3. The number of halogens is 8. The van der Waals surface area contributed by atoms with E-state index in [0.717, 1.165) is 13.2 Å². The van der Waals surface area contributed by atoms with Gasteiger partial charge in [0.15, 0.2) is 0 Å². The molecule has 1 nitrogen and oxygen atoms in total. The van der Waals surface area contributed by atoms with Gasteiger partial charge in [0.05, 0.1) is 0 Å². The highest BCUT2D eigenvalue weighted by Gasteiger charge is 3.01. The monoisotopic (exact) mass is 358 g/mol. The van der Waals surface area contributed by atoms with Crippen LogP contribution in [0, 0.1) is 0 Å². The van der Waals surface area contributed by atoms with E-state index in [1.807, 2.05) is 0 Å². The first-order valence-electron chi connectivity index (χ1n) is 7.50. The van der Waals surface area contributed by atoms with E-state index in [4.69, 9.17) is 4.74 Å². The van der Waals surface area contributed by atoms with Crippen molar-refractivity contribution in [2.75, 3.05) is 13.2 Å².